The van der Waals surface area contributed by atoms with Gasteiger partial charge in [-0.2, -0.15) is 0 Å². The molecule has 1 amide bonds. The van der Waals surface area contributed by atoms with Gasteiger partial charge in [0.25, 0.3) is 0 Å². The highest BCUT2D eigenvalue weighted by atomic mass is 16.5. The van der Waals surface area contributed by atoms with Crippen molar-refractivity contribution in [2.45, 2.75) is 99.3 Å². The van der Waals surface area contributed by atoms with E-state index in [9.17, 15) is 9.59 Å². The van der Waals surface area contributed by atoms with E-state index in [2.05, 4.69) is 77.0 Å². The van der Waals surface area contributed by atoms with Crippen molar-refractivity contribution in [2.75, 3.05) is 27.2 Å². The second kappa shape index (κ2) is 11.6. The molecule has 4 fully saturated rings. The summed E-state index contributed by atoms with van der Waals surface area (Å²) >= 11 is 0. The largest absolute Gasteiger partial charge is 0.465 e. The zero-order valence-electron chi connectivity index (χ0n) is 30.0. The number of ether oxygens (including phenoxy) is 1. The highest BCUT2D eigenvalue weighted by Crippen LogP contribution is 2.77. The number of fused-ring (bicyclic) bond motifs is 7. The molecule has 2 N–H and O–H groups in total. The molecule has 0 spiro atoms. The number of rotatable bonds is 7. The zero-order valence-corrected chi connectivity index (χ0v) is 30.0. The molecule has 4 saturated carbocycles. The fourth-order valence-corrected chi connectivity index (χ4v) is 13.0. The predicted molar refractivity (Wildman–Crippen MR) is 187 cm³/mol. The van der Waals surface area contributed by atoms with Gasteiger partial charge in [-0.1, -0.05) is 65.0 Å². The van der Waals surface area contributed by atoms with Gasteiger partial charge in [-0.25, -0.2) is 4.79 Å². The first-order valence-corrected chi connectivity index (χ1v) is 18.2. The number of likely N-dealkylation sites (N-methyl/N-ethyl adjacent to an activating group) is 1. The van der Waals surface area contributed by atoms with E-state index in [0.29, 0.717) is 47.6 Å². The van der Waals surface area contributed by atoms with E-state index < -0.39 is 0 Å². The molecule has 0 unspecified atom stereocenters. The molecule has 0 aromatic heterocycles. The lowest BCUT2D eigenvalue weighted by Gasteiger charge is -2.72. The SMILES string of the molecule is C=C(C)[C@@H]1CC[C@]2(C(=O)NCCNC)CC[C@]3(C)[C@H](CC[C@@H]4[C@@]5(C)CC=C(c6ccc(C(=O)OC)cc6)C(C)(C)[C@@H]5CC[C@]43C)[C@@H]12. The van der Waals surface area contributed by atoms with Gasteiger partial charge in [0, 0.05) is 13.1 Å². The quantitative estimate of drug-likeness (QED) is 0.181. The second-order valence-electron chi connectivity index (χ2n) is 17.3. The molecule has 0 heterocycles. The number of esters is 1. The van der Waals surface area contributed by atoms with Crippen LogP contribution < -0.4 is 10.6 Å². The Bertz CT molecular complexity index is 1410. The Morgan fingerprint density at radius 2 is 1.61 bits per heavy atom. The van der Waals surface area contributed by atoms with Crippen LogP contribution in [0.2, 0.25) is 0 Å². The Balaban J connectivity index is 1.33. The normalized spacial score (nSPS) is 40.8. The van der Waals surface area contributed by atoms with Gasteiger partial charge in [0.05, 0.1) is 18.1 Å². The monoisotopic (exact) mass is 628 g/mol. The maximum Gasteiger partial charge on any atom is 0.337 e. The van der Waals surface area contributed by atoms with Crippen molar-refractivity contribution in [1.82, 2.24) is 10.6 Å². The number of carbonyl (C=O) groups excluding carboxylic acids is 2. The molecule has 0 aliphatic heterocycles. The predicted octanol–water partition coefficient (Wildman–Crippen LogP) is 8.46. The Morgan fingerprint density at radius 1 is 0.891 bits per heavy atom. The minimum atomic E-state index is -0.284. The number of amides is 1. The Kier molecular flexibility index (Phi) is 8.47. The number of hydrogen-bond acceptors (Lipinski definition) is 4. The molecule has 1 aromatic carbocycles. The molecule has 0 saturated heterocycles. The summed E-state index contributed by atoms with van der Waals surface area (Å²) < 4.78 is 4.95. The van der Waals surface area contributed by atoms with Crippen LogP contribution in [0.15, 0.2) is 42.5 Å². The van der Waals surface area contributed by atoms with Crippen molar-refractivity contribution in [3.05, 3.63) is 53.6 Å². The van der Waals surface area contributed by atoms with Crippen molar-refractivity contribution in [3.63, 3.8) is 0 Å². The Morgan fingerprint density at radius 3 is 2.26 bits per heavy atom. The molecule has 0 bridgehead atoms. The Labute approximate surface area is 278 Å². The summed E-state index contributed by atoms with van der Waals surface area (Å²) in [6, 6.07) is 8.06. The van der Waals surface area contributed by atoms with E-state index in [-0.39, 0.29) is 33.0 Å². The molecular weight excluding hydrogens is 568 g/mol. The summed E-state index contributed by atoms with van der Waals surface area (Å²) in [6.45, 7) is 21.2. The van der Waals surface area contributed by atoms with Crippen LogP contribution in [-0.4, -0.2) is 39.1 Å². The molecule has 6 rings (SSSR count). The molecule has 46 heavy (non-hydrogen) atoms. The number of hydrogen-bond donors (Lipinski definition) is 2. The highest BCUT2D eigenvalue weighted by molar-refractivity contribution is 5.90. The van der Waals surface area contributed by atoms with Crippen LogP contribution in [0, 0.1) is 56.7 Å². The van der Waals surface area contributed by atoms with Gasteiger partial charge in [-0.15, -0.1) is 0 Å². The minimum Gasteiger partial charge on any atom is -0.465 e. The summed E-state index contributed by atoms with van der Waals surface area (Å²) in [6.07, 6.45) is 12.9. The third kappa shape index (κ3) is 4.64. The van der Waals surface area contributed by atoms with Gasteiger partial charge in [0.15, 0.2) is 0 Å². The Hall–Kier alpha value is -2.40. The lowest BCUT2D eigenvalue weighted by atomic mass is 9.32. The molecule has 5 aliphatic carbocycles. The molecule has 0 radical (unpaired) electrons. The average Bonchev–Trinajstić information content (AvgIpc) is 3.42. The van der Waals surface area contributed by atoms with E-state index in [0.717, 1.165) is 38.6 Å². The van der Waals surface area contributed by atoms with Crippen LogP contribution in [0.5, 0.6) is 0 Å². The van der Waals surface area contributed by atoms with Crippen molar-refractivity contribution in [2.24, 2.45) is 56.7 Å². The molecule has 1 aromatic rings. The maximum atomic E-state index is 14.1. The average molecular weight is 629 g/mol. The van der Waals surface area contributed by atoms with E-state index in [1.807, 2.05) is 19.2 Å². The van der Waals surface area contributed by atoms with E-state index in [1.165, 1.54) is 49.5 Å². The van der Waals surface area contributed by atoms with Gasteiger partial charge in [-0.05, 0) is 146 Å². The number of carbonyl (C=O) groups is 2. The van der Waals surface area contributed by atoms with Gasteiger partial charge < -0.3 is 15.4 Å². The van der Waals surface area contributed by atoms with E-state index >= 15 is 0 Å². The van der Waals surface area contributed by atoms with Crippen LogP contribution >= 0.6 is 0 Å². The summed E-state index contributed by atoms with van der Waals surface area (Å²) in [5.41, 5.74) is 5.00. The van der Waals surface area contributed by atoms with Gasteiger partial charge in [-0.3, -0.25) is 4.79 Å². The highest BCUT2D eigenvalue weighted by Gasteiger charge is 2.71. The summed E-state index contributed by atoms with van der Waals surface area (Å²) in [4.78, 5) is 26.2. The standard InChI is InChI=1S/C41H60N2O3/c1-26(2)29-16-21-41(36(45)43-25-24-42-8)23-22-39(6)31(34(29)41)14-15-33-38(5)19-17-30(27-10-12-28(13-11-27)35(44)46-9)37(3,4)32(38)18-20-40(33,39)7/h10-13,17,29,31-34,42H,1,14-16,18-25H2,2-9H3,(H,43,45)/t29-,31+,32-,33+,34+,38-,39+,40+,41-/m0/s1. The number of benzene rings is 1. The molecule has 5 nitrogen and oxygen atoms in total. The van der Waals surface area contributed by atoms with Gasteiger partial charge in [0.2, 0.25) is 5.91 Å². The maximum absolute atomic E-state index is 14.1. The van der Waals surface area contributed by atoms with Gasteiger partial charge >= 0.3 is 5.97 Å². The molecular formula is C41H60N2O3. The van der Waals surface area contributed by atoms with Crippen LogP contribution in [0.25, 0.3) is 5.57 Å². The fraction of sp³-hybridized carbons (Fsp3) is 0.707. The van der Waals surface area contributed by atoms with E-state index in [4.69, 9.17) is 4.74 Å². The zero-order chi connectivity index (χ0) is 33.3. The van der Waals surface area contributed by atoms with Crippen molar-refractivity contribution in [1.29, 1.82) is 0 Å². The van der Waals surface area contributed by atoms with E-state index in [1.54, 1.807) is 0 Å². The third-order valence-corrected chi connectivity index (χ3v) is 15.4. The van der Waals surface area contributed by atoms with Crippen LogP contribution in [0.3, 0.4) is 0 Å². The topological polar surface area (TPSA) is 67.4 Å². The first kappa shape index (κ1) is 33.5. The fourth-order valence-electron chi connectivity index (χ4n) is 13.0. The molecule has 5 aliphatic rings. The van der Waals surface area contributed by atoms with Crippen LogP contribution in [-0.2, 0) is 9.53 Å². The van der Waals surface area contributed by atoms with Crippen molar-refractivity contribution in [3.8, 4) is 0 Å². The van der Waals surface area contributed by atoms with Crippen LogP contribution in [0.1, 0.15) is 115 Å². The first-order chi connectivity index (χ1) is 21.7. The summed E-state index contributed by atoms with van der Waals surface area (Å²) in [5.74, 6) is 2.66. The van der Waals surface area contributed by atoms with Crippen LogP contribution in [0.4, 0.5) is 0 Å². The minimum absolute atomic E-state index is 0.0303. The third-order valence-electron chi connectivity index (χ3n) is 15.4. The lowest BCUT2D eigenvalue weighted by molar-refractivity contribution is -0.225. The summed E-state index contributed by atoms with van der Waals surface area (Å²) in [5, 5.41) is 6.57. The molecule has 5 heteroatoms. The van der Waals surface area contributed by atoms with Crippen molar-refractivity contribution >= 4 is 17.4 Å². The van der Waals surface area contributed by atoms with Crippen molar-refractivity contribution < 1.29 is 14.3 Å². The smallest absolute Gasteiger partial charge is 0.337 e. The number of nitrogens with one attached hydrogen (secondary N) is 2. The first-order valence-electron chi connectivity index (χ1n) is 18.2. The molecule has 9 atom stereocenters. The molecule has 252 valence electrons. The summed E-state index contributed by atoms with van der Waals surface area (Å²) in [7, 11) is 3.39. The second-order valence-corrected chi connectivity index (χ2v) is 17.3. The lowest BCUT2D eigenvalue weighted by Crippen LogP contribution is -2.66. The number of allylic oxidation sites excluding steroid dienone is 3. The van der Waals surface area contributed by atoms with Gasteiger partial charge in [0.1, 0.15) is 0 Å². The number of methoxy groups -OCH3 is 1.